The normalized spacial score (nSPS) is 15.6. The minimum absolute atomic E-state index is 0.256. The third kappa shape index (κ3) is 4.93. The predicted molar refractivity (Wildman–Crippen MR) is 143 cm³/mol. The van der Waals surface area contributed by atoms with Crippen LogP contribution in [0.25, 0.3) is 22.2 Å². The van der Waals surface area contributed by atoms with E-state index in [-0.39, 0.29) is 11.7 Å². The van der Waals surface area contributed by atoms with Crippen molar-refractivity contribution in [1.29, 1.82) is 0 Å². The molecule has 0 aliphatic heterocycles. The van der Waals surface area contributed by atoms with Crippen molar-refractivity contribution in [2.24, 2.45) is 10.2 Å². The Kier molecular flexibility index (Phi) is 7.06. The Morgan fingerprint density at radius 1 is 1.06 bits per heavy atom. The number of halogens is 3. The molecule has 0 saturated heterocycles. The minimum Gasteiger partial charge on any atom is -0.422 e. The molecule has 34 heavy (non-hydrogen) atoms. The summed E-state index contributed by atoms with van der Waals surface area (Å²) < 4.78 is 8.73. The second-order valence-electron chi connectivity index (χ2n) is 8.21. The SMILES string of the molecule is O=c1oc2ccc(Br)cc2cc1-c1cs/c(=N\N=C/c2ccc(Cl)c(Cl)c2)n1C1CCCCC1. The predicted octanol–water partition coefficient (Wildman–Crippen LogP) is 7.83. The molecule has 2 heterocycles. The molecule has 1 aliphatic rings. The van der Waals surface area contributed by atoms with Crippen LogP contribution in [-0.4, -0.2) is 10.8 Å². The van der Waals surface area contributed by atoms with Crippen LogP contribution < -0.4 is 10.4 Å². The molecule has 4 aromatic rings. The van der Waals surface area contributed by atoms with Crippen LogP contribution in [0.5, 0.6) is 0 Å². The lowest BCUT2D eigenvalue weighted by molar-refractivity contribution is 0.350. The molecule has 0 N–H and O–H groups in total. The first-order valence-corrected chi connectivity index (χ1v) is 13.4. The highest BCUT2D eigenvalue weighted by Gasteiger charge is 2.22. The summed E-state index contributed by atoms with van der Waals surface area (Å²) in [7, 11) is 0. The van der Waals surface area contributed by atoms with Gasteiger partial charge >= 0.3 is 5.63 Å². The zero-order valence-corrected chi connectivity index (χ0v) is 21.9. The van der Waals surface area contributed by atoms with Gasteiger partial charge in [-0.2, -0.15) is 5.10 Å². The number of nitrogens with zero attached hydrogens (tertiary/aromatic N) is 3. The van der Waals surface area contributed by atoms with E-state index in [1.807, 2.05) is 29.6 Å². The van der Waals surface area contributed by atoms with Crippen LogP contribution in [0, 0.1) is 0 Å². The molecular weight excluding hydrogens is 557 g/mol. The highest BCUT2D eigenvalue weighted by molar-refractivity contribution is 9.10. The number of fused-ring (bicyclic) bond motifs is 1. The third-order valence-electron chi connectivity index (χ3n) is 5.95. The van der Waals surface area contributed by atoms with Gasteiger partial charge < -0.3 is 8.98 Å². The van der Waals surface area contributed by atoms with Crippen molar-refractivity contribution in [1.82, 2.24) is 4.57 Å². The molecule has 0 atom stereocenters. The van der Waals surface area contributed by atoms with E-state index < -0.39 is 0 Å². The smallest absolute Gasteiger partial charge is 0.345 e. The molecule has 1 aliphatic carbocycles. The molecule has 2 aromatic heterocycles. The fraction of sp³-hybridized carbons (Fsp3) is 0.240. The molecule has 1 saturated carbocycles. The minimum atomic E-state index is -0.358. The molecule has 0 radical (unpaired) electrons. The maximum atomic E-state index is 13.0. The number of aromatic nitrogens is 1. The van der Waals surface area contributed by atoms with Crippen molar-refractivity contribution in [2.45, 2.75) is 38.1 Å². The summed E-state index contributed by atoms with van der Waals surface area (Å²) >= 11 is 17.1. The second-order valence-corrected chi connectivity index (χ2v) is 10.8. The van der Waals surface area contributed by atoms with Crippen LogP contribution in [0.4, 0.5) is 0 Å². The summed E-state index contributed by atoms with van der Waals surface area (Å²) in [6, 6.07) is 13.1. The summed E-state index contributed by atoms with van der Waals surface area (Å²) in [5.41, 5.74) is 2.36. The molecule has 2 aromatic carbocycles. The lowest BCUT2D eigenvalue weighted by Crippen LogP contribution is -2.24. The van der Waals surface area contributed by atoms with Gasteiger partial charge in [-0.05, 0) is 54.8 Å². The molecule has 0 spiro atoms. The Morgan fingerprint density at radius 3 is 2.68 bits per heavy atom. The van der Waals surface area contributed by atoms with E-state index in [0.717, 1.165) is 51.6 Å². The first kappa shape index (κ1) is 23.5. The van der Waals surface area contributed by atoms with Gasteiger partial charge in [0.25, 0.3) is 0 Å². The van der Waals surface area contributed by atoms with Crippen LogP contribution in [0.15, 0.2) is 71.7 Å². The van der Waals surface area contributed by atoms with E-state index >= 15 is 0 Å². The Labute approximate surface area is 218 Å². The van der Waals surface area contributed by atoms with Crippen LogP contribution in [0.3, 0.4) is 0 Å². The standard InChI is InChI=1S/C25H20BrCl2N3O2S/c26-17-7-9-23-16(11-17)12-19(24(32)33-23)22-14-34-25(31(22)18-4-2-1-3-5-18)30-29-13-15-6-8-20(27)21(28)10-15/h6-14,18H,1-5H2/b29-13-,30-25-. The fourth-order valence-electron chi connectivity index (χ4n) is 4.29. The van der Waals surface area contributed by atoms with Crippen molar-refractivity contribution in [2.75, 3.05) is 0 Å². The Hall–Kier alpha value is -2.19. The molecular formula is C25H20BrCl2N3O2S. The van der Waals surface area contributed by atoms with Crippen LogP contribution in [0.2, 0.25) is 10.0 Å². The van der Waals surface area contributed by atoms with Gasteiger partial charge in [0.15, 0.2) is 0 Å². The van der Waals surface area contributed by atoms with E-state index in [1.165, 1.54) is 17.8 Å². The average molecular weight is 577 g/mol. The van der Waals surface area contributed by atoms with E-state index in [1.54, 1.807) is 24.4 Å². The number of benzene rings is 2. The monoisotopic (exact) mass is 575 g/mol. The van der Waals surface area contributed by atoms with Crippen LogP contribution >= 0.6 is 50.5 Å². The number of rotatable bonds is 4. The van der Waals surface area contributed by atoms with E-state index in [2.05, 4.69) is 30.7 Å². The Balaban J connectivity index is 1.61. The Morgan fingerprint density at radius 2 is 1.88 bits per heavy atom. The first-order chi connectivity index (χ1) is 16.5. The average Bonchev–Trinajstić information content (AvgIpc) is 3.25. The summed E-state index contributed by atoms with van der Waals surface area (Å²) in [5.74, 6) is 0. The molecule has 1 fully saturated rings. The maximum absolute atomic E-state index is 13.0. The van der Waals surface area contributed by atoms with Gasteiger partial charge in [-0.25, -0.2) is 4.79 Å². The van der Waals surface area contributed by atoms with Gasteiger partial charge in [0.05, 0.1) is 27.5 Å². The number of hydrogen-bond acceptors (Lipinski definition) is 5. The van der Waals surface area contributed by atoms with Crippen molar-refractivity contribution >= 4 is 67.7 Å². The lowest BCUT2D eigenvalue weighted by Gasteiger charge is -2.25. The molecule has 5 nitrogen and oxygen atoms in total. The highest BCUT2D eigenvalue weighted by atomic mass is 79.9. The van der Waals surface area contributed by atoms with E-state index in [4.69, 9.17) is 27.6 Å². The van der Waals surface area contributed by atoms with Crippen LogP contribution in [0.1, 0.15) is 43.7 Å². The Bertz CT molecular complexity index is 1520. The van der Waals surface area contributed by atoms with Crippen molar-refractivity contribution < 1.29 is 4.42 Å². The van der Waals surface area contributed by atoms with Gasteiger partial charge in [-0.1, -0.05) is 64.5 Å². The number of hydrogen-bond donors (Lipinski definition) is 0. The second kappa shape index (κ2) is 10.2. The summed E-state index contributed by atoms with van der Waals surface area (Å²) in [4.78, 5) is 13.7. The lowest BCUT2D eigenvalue weighted by atomic mass is 9.95. The molecule has 9 heteroatoms. The van der Waals surface area contributed by atoms with Crippen LogP contribution in [-0.2, 0) is 0 Å². The molecule has 174 valence electrons. The van der Waals surface area contributed by atoms with E-state index in [0.29, 0.717) is 21.2 Å². The first-order valence-electron chi connectivity index (χ1n) is 11.0. The van der Waals surface area contributed by atoms with Gasteiger partial charge in [-0.3, -0.25) is 0 Å². The largest absolute Gasteiger partial charge is 0.422 e. The fourth-order valence-corrected chi connectivity index (χ4v) is 5.89. The maximum Gasteiger partial charge on any atom is 0.345 e. The van der Waals surface area contributed by atoms with Crippen molar-refractivity contribution in [3.05, 3.63) is 83.1 Å². The molecule has 0 unspecified atom stereocenters. The number of thiazole rings is 1. The van der Waals surface area contributed by atoms with Gasteiger partial charge in [0.1, 0.15) is 5.58 Å². The van der Waals surface area contributed by atoms with Gasteiger partial charge in [-0.15, -0.1) is 16.4 Å². The summed E-state index contributed by atoms with van der Waals surface area (Å²) in [6.07, 6.45) is 7.26. The highest BCUT2D eigenvalue weighted by Crippen LogP contribution is 2.32. The third-order valence-corrected chi connectivity index (χ3v) is 8.01. The molecule has 5 rings (SSSR count). The van der Waals surface area contributed by atoms with Crippen molar-refractivity contribution in [3.63, 3.8) is 0 Å². The van der Waals surface area contributed by atoms with E-state index in [9.17, 15) is 4.79 Å². The topological polar surface area (TPSA) is 59.9 Å². The summed E-state index contributed by atoms with van der Waals surface area (Å²) in [5, 5.41) is 12.6. The summed E-state index contributed by atoms with van der Waals surface area (Å²) in [6.45, 7) is 0. The molecule has 0 amide bonds. The quantitative estimate of drug-likeness (QED) is 0.141. The van der Waals surface area contributed by atoms with Crippen molar-refractivity contribution in [3.8, 4) is 11.3 Å². The molecule has 0 bridgehead atoms. The van der Waals surface area contributed by atoms with Gasteiger partial charge in [0, 0.05) is 21.3 Å². The zero-order valence-electron chi connectivity index (χ0n) is 18.0. The van der Waals surface area contributed by atoms with Gasteiger partial charge in [0.2, 0.25) is 4.80 Å². The zero-order chi connectivity index (χ0) is 23.7.